The van der Waals surface area contributed by atoms with Crippen LogP contribution in [0.3, 0.4) is 0 Å². The van der Waals surface area contributed by atoms with E-state index >= 15 is 0 Å². The lowest BCUT2D eigenvalue weighted by molar-refractivity contribution is 0.0543. The molecule has 0 radical (unpaired) electrons. The third-order valence-corrected chi connectivity index (χ3v) is 3.98. The average molecular weight is 403 g/mol. The highest BCUT2D eigenvalue weighted by molar-refractivity contribution is 6.59. The molecule has 0 saturated heterocycles. The van der Waals surface area contributed by atoms with Gasteiger partial charge in [-0.3, -0.25) is 4.79 Å². The van der Waals surface area contributed by atoms with Gasteiger partial charge in [0, 0.05) is 5.69 Å². The smallest absolute Gasteiger partial charge is 0.339 e. The van der Waals surface area contributed by atoms with Crippen LogP contribution < -0.4 is 5.32 Å². The van der Waals surface area contributed by atoms with Gasteiger partial charge in [0.2, 0.25) is 0 Å². The van der Waals surface area contributed by atoms with Crippen LogP contribution in [-0.2, 0) is 4.74 Å². The van der Waals surface area contributed by atoms with E-state index in [-0.39, 0.29) is 27.3 Å². The first-order valence-electron chi connectivity index (χ1n) is 6.91. The summed E-state index contributed by atoms with van der Waals surface area (Å²) in [7, 11) is 0. The van der Waals surface area contributed by atoms with E-state index in [1.165, 1.54) is 36.4 Å². The maximum atomic E-state index is 12.9. The van der Waals surface area contributed by atoms with Gasteiger partial charge in [0.05, 0.1) is 16.2 Å². The van der Waals surface area contributed by atoms with E-state index in [0.29, 0.717) is 5.69 Å². The molecule has 2 aromatic carbocycles. The van der Waals surface area contributed by atoms with Crippen LogP contribution in [0.1, 0.15) is 20.7 Å². The quantitative estimate of drug-likeness (QED) is 0.706. The highest BCUT2D eigenvalue weighted by Gasteiger charge is 2.18. The number of halogens is 4. The monoisotopic (exact) mass is 401 g/mol. The van der Waals surface area contributed by atoms with Gasteiger partial charge in [-0.1, -0.05) is 46.9 Å². The zero-order chi connectivity index (χ0) is 18.4. The Hall–Kier alpha value is -2.08. The normalized spacial score (nSPS) is 10.1. The number of hydrogen-bond donors (Lipinski definition) is 1. The lowest BCUT2D eigenvalue weighted by Crippen LogP contribution is -2.18. The molecule has 130 valence electrons. The summed E-state index contributed by atoms with van der Waals surface area (Å²) in [5.74, 6) is -1.74. The highest BCUT2D eigenvalue weighted by Crippen LogP contribution is 2.19. The van der Waals surface area contributed by atoms with Crippen LogP contribution in [0.2, 0.25) is 0 Å². The van der Waals surface area contributed by atoms with Gasteiger partial charge in [0.15, 0.2) is 0 Å². The van der Waals surface area contributed by atoms with Gasteiger partial charge < -0.3 is 10.1 Å². The molecule has 0 fully saturated rings. The van der Waals surface area contributed by atoms with E-state index in [4.69, 9.17) is 39.5 Å². The van der Waals surface area contributed by atoms with E-state index in [1.807, 2.05) is 0 Å². The molecule has 8 heteroatoms. The molecular formula is C17H11Cl3FNO3. The first-order valence-corrected chi connectivity index (χ1v) is 8.04. The van der Waals surface area contributed by atoms with Crippen LogP contribution in [0.5, 0.6) is 0 Å². The van der Waals surface area contributed by atoms with Crippen molar-refractivity contribution in [1.82, 2.24) is 0 Å². The third-order valence-electron chi connectivity index (χ3n) is 3.03. The summed E-state index contributed by atoms with van der Waals surface area (Å²) < 4.78 is 17.7. The van der Waals surface area contributed by atoms with Gasteiger partial charge in [0.1, 0.15) is 16.9 Å². The molecule has 0 aliphatic carbocycles. The number of hydrogen-bond acceptors (Lipinski definition) is 3. The molecule has 2 aromatic rings. The number of carbonyl (C=O) groups excluding carboxylic acids is 2. The molecule has 0 spiro atoms. The van der Waals surface area contributed by atoms with Gasteiger partial charge in [-0.15, -0.1) is 0 Å². The zero-order valence-electron chi connectivity index (χ0n) is 12.6. The Kier molecular flexibility index (Phi) is 6.82. The molecule has 0 aromatic heterocycles. The van der Waals surface area contributed by atoms with Crippen molar-refractivity contribution in [1.29, 1.82) is 0 Å². The first-order chi connectivity index (χ1) is 11.9. The number of anilines is 1. The summed E-state index contributed by atoms with van der Waals surface area (Å²) in [6.45, 7) is -0.323. The molecule has 0 atom stereocenters. The Morgan fingerprint density at radius 1 is 0.960 bits per heavy atom. The van der Waals surface area contributed by atoms with Crippen molar-refractivity contribution in [2.24, 2.45) is 0 Å². The average Bonchev–Trinajstić information content (AvgIpc) is 2.61. The zero-order valence-corrected chi connectivity index (χ0v) is 14.8. The molecule has 25 heavy (non-hydrogen) atoms. The highest BCUT2D eigenvalue weighted by atomic mass is 35.5. The molecule has 0 heterocycles. The van der Waals surface area contributed by atoms with Gasteiger partial charge >= 0.3 is 5.97 Å². The van der Waals surface area contributed by atoms with E-state index in [1.54, 1.807) is 12.1 Å². The fraction of sp³-hybridized carbons (Fsp3) is 0.0588. The van der Waals surface area contributed by atoms with Crippen LogP contribution in [0, 0.1) is 5.82 Å². The fourth-order valence-electron chi connectivity index (χ4n) is 1.85. The third kappa shape index (κ3) is 5.46. The summed E-state index contributed by atoms with van der Waals surface area (Å²) in [5.41, 5.74) is 0.514. The van der Waals surface area contributed by atoms with Crippen LogP contribution in [-0.4, -0.2) is 18.5 Å². The van der Waals surface area contributed by atoms with E-state index in [0.717, 1.165) is 0 Å². The van der Waals surface area contributed by atoms with Crippen molar-refractivity contribution in [2.75, 3.05) is 11.9 Å². The Morgan fingerprint density at radius 3 is 2.16 bits per heavy atom. The van der Waals surface area contributed by atoms with Crippen LogP contribution in [0.25, 0.3) is 0 Å². The fourth-order valence-corrected chi connectivity index (χ4v) is 2.02. The second-order valence-electron chi connectivity index (χ2n) is 4.75. The molecule has 0 unspecified atom stereocenters. The molecule has 0 aliphatic rings. The van der Waals surface area contributed by atoms with E-state index in [9.17, 15) is 14.0 Å². The van der Waals surface area contributed by atoms with Crippen LogP contribution in [0.4, 0.5) is 10.1 Å². The maximum absolute atomic E-state index is 12.9. The first kappa shape index (κ1) is 19.2. The van der Waals surface area contributed by atoms with Gasteiger partial charge in [-0.2, -0.15) is 0 Å². The standard InChI is InChI=1S/C17H11Cl3FNO3/c18-14(15(19)20)9-25-17(24)13-4-2-1-3-12(13)16(23)22-11-7-5-10(21)6-8-11/h1-8H,9H2,(H,22,23). The molecular weight excluding hydrogens is 392 g/mol. The lowest BCUT2D eigenvalue weighted by atomic mass is 10.1. The van der Waals surface area contributed by atoms with Crippen molar-refractivity contribution in [3.05, 3.63) is 75.0 Å². The Balaban J connectivity index is 2.16. The Bertz CT molecular complexity index is 818. The minimum Gasteiger partial charge on any atom is -0.456 e. The minimum atomic E-state index is -0.766. The van der Waals surface area contributed by atoms with Crippen molar-refractivity contribution < 1.29 is 18.7 Å². The summed E-state index contributed by atoms with van der Waals surface area (Å²) in [5, 5.41) is 2.54. The second-order valence-corrected chi connectivity index (χ2v) is 6.15. The van der Waals surface area contributed by atoms with Gasteiger partial charge in [-0.25, -0.2) is 9.18 Å². The molecule has 0 saturated carbocycles. The lowest BCUT2D eigenvalue weighted by Gasteiger charge is -2.10. The van der Waals surface area contributed by atoms with E-state index in [2.05, 4.69) is 5.32 Å². The topological polar surface area (TPSA) is 55.4 Å². The number of amides is 1. The van der Waals surface area contributed by atoms with Crippen molar-refractivity contribution in [3.8, 4) is 0 Å². The Morgan fingerprint density at radius 2 is 1.56 bits per heavy atom. The van der Waals surface area contributed by atoms with Crippen molar-refractivity contribution in [2.45, 2.75) is 0 Å². The summed E-state index contributed by atoms with van der Waals surface area (Å²) >= 11 is 16.6. The molecule has 0 bridgehead atoms. The SMILES string of the molecule is O=C(Nc1ccc(F)cc1)c1ccccc1C(=O)OCC(Cl)=C(Cl)Cl. The van der Waals surface area contributed by atoms with Crippen molar-refractivity contribution in [3.63, 3.8) is 0 Å². The second kappa shape index (κ2) is 8.85. The number of carbonyl (C=O) groups is 2. The molecule has 1 N–H and O–H groups in total. The molecule has 1 amide bonds. The summed E-state index contributed by atoms with van der Waals surface area (Å²) in [6, 6.07) is 11.3. The summed E-state index contributed by atoms with van der Waals surface area (Å²) in [6.07, 6.45) is 0. The minimum absolute atomic E-state index is 0.0371. The maximum Gasteiger partial charge on any atom is 0.339 e. The predicted molar refractivity (Wildman–Crippen MR) is 95.7 cm³/mol. The summed E-state index contributed by atoms with van der Waals surface area (Å²) in [4.78, 5) is 24.6. The molecule has 4 nitrogen and oxygen atoms in total. The number of ether oxygens (including phenoxy) is 1. The van der Waals surface area contributed by atoms with E-state index < -0.39 is 17.7 Å². The molecule has 2 rings (SSSR count). The molecule has 0 aliphatic heterocycles. The Labute approximate surface area is 158 Å². The number of rotatable bonds is 5. The number of benzene rings is 2. The van der Waals surface area contributed by atoms with Crippen LogP contribution >= 0.6 is 34.8 Å². The number of nitrogens with one attached hydrogen (secondary N) is 1. The van der Waals surface area contributed by atoms with Crippen molar-refractivity contribution >= 4 is 52.4 Å². The number of esters is 1. The van der Waals surface area contributed by atoms with Gasteiger partial charge in [-0.05, 0) is 36.4 Å². The largest absolute Gasteiger partial charge is 0.456 e. The van der Waals surface area contributed by atoms with Gasteiger partial charge in [0.25, 0.3) is 5.91 Å². The van der Waals surface area contributed by atoms with Crippen LogP contribution in [0.15, 0.2) is 58.1 Å². The predicted octanol–water partition coefficient (Wildman–Crippen LogP) is 5.12.